The molecular weight excluding hydrogens is 126 g/mol. The van der Waals surface area contributed by atoms with Crippen LogP contribution in [0.5, 0.6) is 0 Å². The Hall–Kier alpha value is -1.09. The number of aliphatic imine (C=N–C) groups is 1. The van der Waals surface area contributed by atoms with Crippen LogP contribution >= 0.6 is 0 Å². The van der Waals surface area contributed by atoms with E-state index >= 15 is 0 Å². The second-order valence-corrected chi connectivity index (χ2v) is 1.80. The summed E-state index contributed by atoms with van der Waals surface area (Å²) < 4.78 is 0. The highest BCUT2D eigenvalue weighted by atomic mass is 14.9. The van der Waals surface area contributed by atoms with Gasteiger partial charge in [-0.1, -0.05) is 12.7 Å². The van der Waals surface area contributed by atoms with Crippen molar-refractivity contribution in [2.45, 2.75) is 0 Å². The van der Waals surface area contributed by atoms with Gasteiger partial charge in [0.1, 0.15) is 5.82 Å². The zero-order valence-electron chi connectivity index (χ0n) is 6.22. The van der Waals surface area contributed by atoms with Crippen molar-refractivity contribution in [2.75, 3.05) is 13.6 Å². The first-order chi connectivity index (χ1) is 4.76. The second kappa shape index (κ2) is 4.76. The minimum Gasteiger partial charge on any atom is -0.383 e. The van der Waals surface area contributed by atoms with Crippen LogP contribution in [0.1, 0.15) is 0 Å². The monoisotopic (exact) mass is 139 g/mol. The number of nitrogens with one attached hydrogen (secondary N) is 1. The number of nitrogens with zero attached hydrogens (tertiary/aromatic N) is 1. The topological polar surface area (TPSA) is 50.4 Å². The van der Waals surface area contributed by atoms with E-state index in [1.807, 2.05) is 7.05 Å². The summed E-state index contributed by atoms with van der Waals surface area (Å²) in [5.74, 6) is 0.435. The van der Waals surface area contributed by atoms with Crippen molar-refractivity contribution in [3.8, 4) is 0 Å². The predicted octanol–water partition coefficient (Wildman–Crippen LogP) is 0.263. The van der Waals surface area contributed by atoms with Crippen LogP contribution in [0.4, 0.5) is 0 Å². The van der Waals surface area contributed by atoms with E-state index in [2.05, 4.69) is 23.6 Å². The third-order valence-corrected chi connectivity index (χ3v) is 1.11. The Morgan fingerprint density at radius 3 is 2.70 bits per heavy atom. The lowest BCUT2D eigenvalue weighted by molar-refractivity contribution is 0.882. The first kappa shape index (κ1) is 8.91. The van der Waals surface area contributed by atoms with Crippen molar-refractivity contribution in [2.24, 2.45) is 10.7 Å². The zero-order valence-corrected chi connectivity index (χ0v) is 6.22. The van der Waals surface area contributed by atoms with Crippen molar-refractivity contribution >= 4 is 6.72 Å². The van der Waals surface area contributed by atoms with Gasteiger partial charge in [-0.25, -0.2) is 4.99 Å². The fourth-order valence-corrected chi connectivity index (χ4v) is 0.559. The van der Waals surface area contributed by atoms with Gasteiger partial charge >= 0.3 is 0 Å². The van der Waals surface area contributed by atoms with Crippen LogP contribution in [0, 0.1) is 0 Å². The molecule has 0 aliphatic rings. The van der Waals surface area contributed by atoms with Gasteiger partial charge in [-0.2, -0.15) is 0 Å². The Morgan fingerprint density at radius 2 is 2.40 bits per heavy atom. The number of hydrogen-bond acceptors (Lipinski definition) is 3. The molecule has 0 aromatic heterocycles. The van der Waals surface area contributed by atoms with Gasteiger partial charge in [-0.3, -0.25) is 0 Å². The fourth-order valence-electron chi connectivity index (χ4n) is 0.559. The number of rotatable bonds is 4. The summed E-state index contributed by atoms with van der Waals surface area (Å²) in [6.45, 7) is 7.56. The lowest BCUT2D eigenvalue weighted by atomic mass is 10.2. The summed E-state index contributed by atoms with van der Waals surface area (Å²) >= 11 is 0. The van der Waals surface area contributed by atoms with Crippen LogP contribution in [-0.2, 0) is 0 Å². The third-order valence-electron chi connectivity index (χ3n) is 1.11. The first-order valence-electron chi connectivity index (χ1n) is 2.98. The van der Waals surface area contributed by atoms with Gasteiger partial charge in [0, 0.05) is 12.1 Å². The lowest BCUT2D eigenvalue weighted by Crippen LogP contribution is -2.13. The maximum absolute atomic E-state index is 5.45. The van der Waals surface area contributed by atoms with E-state index in [-0.39, 0.29) is 0 Å². The number of nitrogens with two attached hydrogens (primary N) is 1. The molecule has 0 spiro atoms. The normalized spacial score (nSPS) is 12.1. The molecule has 0 saturated carbocycles. The summed E-state index contributed by atoms with van der Waals surface area (Å²) in [4.78, 5) is 3.57. The summed E-state index contributed by atoms with van der Waals surface area (Å²) in [5, 5.41) is 2.94. The highest BCUT2D eigenvalue weighted by Crippen LogP contribution is 1.98. The summed E-state index contributed by atoms with van der Waals surface area (Å²) in [6.07, 6.45) is 1.67. The molecule has 0 amide bonds. The van der Waals surface area contributed by atoms with Gasteiger partial charge in [0.05, 0.1) is 0 Å². The Labute approximate surface area is 61.3 Å². The minimum atomic E-state index is 0.435. The van der Waals surface area contributed by atoms with E-state index in [9.17, 15) is 0 Å². The quantitative estimate of drug-likeness (QED) is 0.433. The van der Waals surface area contributed by atoms with E-state index in [1.165, 1.54) is 0 Å². The van der Waals surface area contributed by atoms with Crippen LogP contribution in [0.15, 0.2) is 29.0 Å². The van der Waals surface area contributed by atoms with Gasteiger partial charge in [-0.15, -0.1) is 0 Å². The molecule has 3 heteroatoms. The zero-order chi connectivity index (χ0) is 7.98. The molecule has 3 nitrogen and oxygen atoms in total. The van der Waals surface area contributed by atoms with Crippen molar-refractivity contribution in [3.05, 3.63) is 24.0 Å². The molecule has 0 aromatic carbocycles. The standard InChI is InChI=1S/C7H13N3/c1-4-6(5-9-2)7(8)10-3/h4,9H,1,3,5,8H2,2H3/b7-6+. The molecule has 0 bridgehead atoms. The fraction of sp³-hybridized carbons (Fsp3) is 0.286. The van der Waals surface area contributed by atoms with Crippen LogP contribution in [0.2, 0.25) is 0 Å². The lowest BCUT2D eigenvalue weighted by Gasteiger charge is -2.01. The highest BCUT2D eigenvalue weighted by molar-refractivity contribution is 5.33. The molecule has 3 N–H and O–H groups in total. The SMILES string of the molecule is C=C/C(CNC)=C(/N)N=C. The first-order valence-corrected chi connectivity index (χ1v) is 2.98. The molecule has 0 rings (SSSR count). The average Bonchev–Trinajstić information content (AvgIpc) is 1.99. The Morgan fingerprint density at radius 1 is 1.80 bits per heavy atom. The van der Waals surface area contributed by atoms with Gasteiger partial charge in [0.15, 0.2) is 0 Å². The van der Waals surface area contributed by atoms with Gasteiger partial charge in [-0.05, 0) is 13.8 Å². The van der Waals surface area contributed by atoms with Crippen molar-refractivity contribution < 1.29 is 0 Å². The Kier molecular flexibility index (Phi) is 4.24. The van der Waals surface area contributed by atoms with Gasteiger partial charge in [0.25, 0.3) is 0 Å². The molecule has 0 heterocycles. The summed E-state index contributed by atoms with van der Waals surface area (Å²) in [7, 11) is 1.83. The average molecular weight is 139 g/mol. The molecule has 0 atom stereocenters. The molecule has 0 saturated heterocycles. The summed E-state index contributed by atoms with van der Waals surface area (Å²) in [6, 6.07) is 0. The molecule has 0 radical (unpaired) electrons. The highest BCUT2D eigenvalue weighted by Gasteiger charge is 1.93. The van der Waals surface area contributed by atoms with Gasteiger partial charge in [0.2, 0.25) is 0 Å². The van der Waals surface area contributed by atoms with Gasteiger partial charge < -0.3 is 11.1 Å². The maximum Gasteiger partial charge on any atom is 0.127 e. The molecular formula is C7H13N3. The van der Waals surface area contributed by atoms with E-state index < -0.39 is 0 Å². The third kappa shape index (κ3) is 2.46. The Bertz CT molecular complexity index is 158. The van der Waals surface area contributed by atoms with Crippen LogP contribution in [0.3, 0.4) is 0 Å². The van der Waals surface area contributed by atoms with Crippen molar-refractivity contribution in [3.63, 3.8) is 0 Å². The molecule has 0 aliphatic carbocycles. The van der Waals surface area contributed by atoms with Crippen molar-refractivity contribution in [1.82, 2.24) is 5.32 Å². The largest absolute Gasteiger partial charge is 0.383 e. The number of hydrogen-bond donors (Lipinski definition) is 2. The van der Waals surface area contributed by atoms with Crippen LogP contribution in [-0.4, -0.2) is 20.3 Å². The smallest absolute Gasteiger partial charge is 0.127 e. The Balaban J connectivity index is 4.28. The molecule has 10 heavy (non-hydrogen) atoms. The van der Waals surface area contributed by atoms with E-state index in [0.29, 0.717) is 12.4 Å². The van der Waals surface area contributed by atoms with Crippen molar-refractivity contribution in [1.29, 1.82) is 0 Å². The molecule has 0 unspecified atom stereocenters. The molecule has 0 aromatic rings. The van der Waals surface area contributed by atoms with Crippen LogP contribution in [0.25, 0.3) is 0 Å². The van der Waals surface area contributed by atoms with E-state index in [0.717, 1.165) is 5.57 Å². The second-order valence-electron chi connectivity index (χ2n) is 1.80. The van der Waals surface area contributed by atoms with E-state index in [1.54, 1.807) is 6.08 Å². The molecule has 0 aliphatic heterocycles. The minimum absolute atomic E-state index is 0.435. The van der Waals surface area contributed by atoms with Crippen LogP contribution < -0.4 is 11.1 Å². The maximum atomic E-state index is 5.45. The molecule has 56 valence electrons. The number of likely N-dealkylation sites (N-methyl/N-ethyl adjacent to an activating group) is 1. The molecule has 0 fully saturated rings. The predicted molar refractivity (Wildman–Crippen MR) is 44.9 cm³/mol. The summed E-state index contributed by atoms with van der Waals surface area (Å²) in [5.41, 5.74) is 6.33. The van der Waals surface area contributed by atoms with E-state index in [4.69, 9.17) is 5.73 Å².